The zero-order valence-corrected chi connectivity index (χ0v) is 8.01. The molecule has 0 heterocycles. The fraction of sp³-hybridized carbons (Fsp3) is 0.500. The van der Waals surface area contributed by atoms with Crippen molar-refractivity contribution in [3.05, 3.63) is 11.5 Å². The summed E-state index contributed by atoms with van der Waals surface area (Å²) in [5.74, 6) is -0.728. The molecule has 0 aliphatic heterocycles. The first-order chi connectivity index (χ1) is 6.02. The van der Waals surface area contributed by atoms with Crippen LogP contribution >= 0.6 is 0 Å². The van der Waals surface area contributed by atoms with Gasteiger partial charge in [0.15, 0.2) is 0 Å². The van der Waals surface area contributed by atoms with Crippen molar-refractivity contribution in [2.45, 2.75) is 20.3 Å². The largest absolute Gasteiger partial charge is 0.429 e. The van der Waals surface area contributed by atoms with Crippen LogP contribution in [0.4, 0.5) is 0 Å². The second kappa shape index (κ2) is 5.18. The van der Waals surface area contributed by atoms with Gasteiger partial charge in [-0.25, -0.2) is 0 Å². The molecule has 0 aromatic carbocycles. The van der Waals surface area contributed by atoms with Crippen molar-refractivity contribution in [2.75, 3.05) is 7.05 Å². The van der Waals surface area contributed by atoms with Gasteiger partial charge in [-0.15, -0.1) is 0 Å². The number of carbonyl (C=O) groups is 2. The maximum atomic E-state index is 11.0. The van der Waals surface area contributed by atoms with Gasteiger partial charge in [0.2, 0.25) is 0 Å². The Morgan fingerprint density at radius 1 is 1.46 bits per heavy atom. The number of ether oxygens (including phenoxy) is 1. The number of nitrogens with one attached hydrogen (secondary N) is 1. The molecule has 5 heteroatoms. The minimum Gasteiger partial charge on any atom is -0.429 e. The van der Waals surface area contributed by atoms with Crippen LogP contribution in [0.25, 0.3) is 0 Å². The molecule has 0 aromatic heterocycles. The maximum Gasteiger partial charge on any atom is 0.307 e. The molecule has 0 bridgehead atoms. The Balaban J connectivity index is 4.68. The van der Waals surface area contributed by atoms with Crippen LogP contribution in [0.15, 0.2) is 11.5 Å². The van der Waals surface area contributed by atoms with Gasteiger partial charge in [-0.3, -0.25) is 9.59 Å². The lowest BCUT2D eigenvalue weighted by Crippen LogP contribution is -2.27. The second-order valence-corrected chi connectivity index (χ2v) is 2.36. The SMILES string of the molecule is CC/C(OC(C)=O)=C(/N)C(=O)NC. The first kappa shape index (κ1) is 11.5. The average Bonchev–Trinajstić information content (AvgIpc) is 2.11. The molecule has 74 valence electrons. The van der Waals surface area contributed by atoms with Crippen molar-refractivity contribution in [3.63, 3.8) is 0 Å². The number of nitrogens with two attached hydrogens (primary N) is 1. The van der Waals surface area contributed by atoms with E-state index in [0.29, 0.717) is 6.42 Å². The van der Waals surface area contributed by atoms with E-state index < -0.39 is 11.9 Å². The van der Waals surface area contributed by atoms with Crippen LogP contribution in [-0.2, 0) is 14.3 Å². The third kappa shape index (κ3) is 3.59. The summed E-state index contributed by atoms with van der Waals surface area (Å²) in [6, 6.07) is 0. The summed E-state index contributed by atoms with van der Waals surface area (Å²) < 4.78 is 4.74. The number of carbonyl (C=O) groups excluding carboxylic acids is 2. The highest BCUT2D eigenvalue weighted by molar-refractivity contribution is 5.93. The second-order valence-electron chi connectivity index (χ2n) is 2.36. The molecule has 0 aliphatic rings. The number of allylic oxidation sites excluding steroid dienone is 1. The summed E-state index contributed by atoms with van der Waals surface area (Å²) in [4.78, 5) is 21.6. The predicted molar refractivity (Wildman–Crippen MR) is 47.3 cm³/mol. The van der Waals surface area contributed by atoms with E-state index in [9.17, 15) is 9.59 Å². The van der Waals surface area contributed by atoms with Gasteiger partial charge in [0, 0.05) is 20.4 Å². The first-order valence-corrected chi connectivity index (χ1v) is 3.92. The molecule has 0 fully saturated rings. The van der Waals surface area contributed by atoms with Crippen LogP contribution in [0.1, 0.15) is 20.3 Å². The van der Waals surface area contributed by atoms with E-state index in [1.165, 1.54) is 14.0 Å². The van der Waals surface area contributed by atoms with Crippen molar-refractivity contribution in [3.8, 4) is 0 Å². The first-order valence-electron chi connectivity index (χ1n) is 3.92. The van der Waals surface area contributed by atoms with Gasteiger partial charge < -0.3 is 15.8 Å². The van der Waals surface area contributed by atoms with E-state index in [1.807, 2.05) is 0 Å². The summed E-state index contributed by atoms with van der Waals surface area (Å²) >= 11 is 0. The molecule has 0 radical (unpaired) electrons. The Morgan fingerprint density at radius 2 is 2.00 bits per heavy atom. The van der Waals surface area contributed by atoms with Gasteiger partial charge in [-0.2, -0.15) is 0 Å². The highest BCUT2D eigenvalue weighted by Crippen LogP contribution is 2.06. The van der Waals surface area contributed by atoms with Crippen molar-refractivity contribution in [1.29, 1.82) is 0 Å². The molecule has 0 saturated heterocycles. The van der Waals surface area contributed by atoms with Gasteiger partial charge in [0.25, 0.3) is 5.91 Å². The van der Waals surface area contributed by atoms with E-state index in [-0.39, 0.29) is 11.5 Å². The smallest absolute Gasteiger partial charge is 0.307 e. The van der Waals surface area contributed by atoms with Crippen LogP contribution in [0.2, 0.25) is 0 Å². The van der Waals surface area contributed by atoms with Crippen LogP contribution in [-0.4, -0.2) is 18.9 Å². The number of esters is 1. The molecule has 5 nitrogen and oxygen atoms in total. The van der Waals surface area contributed by atoms with E-state index >= 15 is 0 Å². The summed E-state index contributed by atoms with van der Waals surface area (Å²) in [7, 11) is 1.45. The maximum absolute atomic E-state index is 11.0. The average molecular weight is 186 g/mol. The molecule has 3 N–H and O–H groups in total. The Kier molecular flexibility index (Phi) is 4.58. The van der Waals surface area contributed by atoms with Gasteiger partial charge in [0.1, 0.15) is 11.5 Å². The van der Waals surface area contributed by atoms with E-state index in [1.54, 1.807) is 6.92 Å². The molecular weight excluding hydrogens is 172 g/mol. The van der Waals surface area contributed by atoms with Crippen molar-refractivity contribution < 1.29 is 14.3 Å². The zero-order chi connectivity index (χ0) is 10.4. The Bertz CT molecular complexity index is 246. The molecule has 0 unspecified atom stereocenters. The highest BCUT2D eigenvalue weighted by Gasteiger charge is 2.11. The van der Waals surface area contributed by atoms with Gasteiger partial charge >= 0.3 is 5.97 Å². The molecule has 1 amide bonds. The van der Waals surface area contributed by atoms with Crippen molar-refractivity contribution in [2.24, 2.45) is 5.73 Å². The fourth-order valence-corrected chi connectivity index (χ4v) is 0.752. The lowest BCUT2D eigenvalue weighted by molar-refractivity contribution is -0.137. The van der Waals surface area contributed by atoms with E-state index in [4.69, 9.17) is 10.5 Å². The summed E-state index contributed by atoms with van der Waals surface area (Å²) in [6.45, 7) is 3.00. The lowest BCUT2D eigenvalue weighted by Gasteiger charge is -2.07. The summed E-state index contributed by atoms with van der Waals surface area (Å²) in [5.41, 5.74) is 5.37. The summed E-state index contributed by atoms with van der Waals surface area (Å²) in [5, 5.41) is 2.34. The Labute approximate surface area is 76.9 Å². The number of hydrogen-bond donors (Lipinski definition) is 2. The van der Waals surface area contributed by atoms with E-state index in [2.05, 4.69) is 5.32 Å². The lowest BCUT2D eigenvalue weighted by atomic mass is 10.3. The van der Waals surface area contributed by atoms with Gasteiger partial charge in [-0.05, 0) is 0 Å². The molecular formula is C8H14N2O3. The minimum absolute atomic E-state index is 0.0554. The van der Waals surface area contributed by atoms with Crippen molar-refractivity contribution in [1.82, 2.24) is 5.32 Å². The molecule has 0 rings (SSSR count). The molecule has 0 aliphatic carbocycles. The third-order valence-electron chi connectivity index (χ3n) is 1.36. The standard InChI is InChI=1S/C8H14N2O3/c1-4-6(13-5(2)11)7(9)8(12)10-3/h4,9H2,1-3H3,(H,10,12)/b7-6-. The Morgan fingerprint density at radius 3 is 2.31 bits per heavy atom. The number of amides is 1. The predicted octanol–water partition coefficient (Wildman–Crippen LogP) is -0.124. The number of rotatable bonds is 3. The van der Waals surface area contributed by atoms with Crippen LogP contribution in [0.3, 0.4) is 0 Å². The fourth-order valence-electron chi connectivity index (χ4n) is 0.752. The molecule has 0 spiro atoms. The van der Waals surface area contributed by atoms with Crippen LogP contribution in [0.5, 0.6) is 0 Å². The zero-order valence-electron chi connectivity index (χ0n) is 8.01. The van der Waals surface area contributed by atoms with Crippen molar-refractivity contribution >= 4 is 11.9 Å². The summed E-state index contributed by atoms with van der Waals surface area (Å²) in [6.07, 6.45) is 0.402. The number of hydrogen-bond acceptors (Lipinski definition) is 4. The quantitative estimate of drug-likeness (QED) is 0.365. The molecule has 0 saturated carbocycles. The third-order valence-corrected chi connectivity index (χ3v) is 1.36. The topological polar surface area (TPSA) is 81.4 Å². The monoisotopic (exact) mass is 186 g/mol. The highest BCUT2D eigenvalue weighted by atomic mass is 16.5. The molecule has 0 atom stereocenters. The normalized spacial score (nSPS) is 11.6. The molecule has 0 aromatic rings. The molecule has 13 heavy (non-hydrogen) atoms. The van der Waals surface area contributed by atoms with Crippen LogP contribution in [0, 0.1) is 0 Å². The van der Waals surface area contributed by atoms with E-state index in [0.717, 1.165) is 0 Å². The van der Waals surface area contributed by atoms with Gasteiger partial charge in [-0.1, -0.05) is 6.92 Å². The minimum atomic E-state index is -0.483. The van der Waals surface area contributed by atoms with Crippen LogP contribution < -0.4 is 11.1 Å². The van der Waals surface area contributed by atoms with Gasteiger partial charge in [0.05, 0.1) is 0 Å². The number of likely N-dealkylation sites (N-methyl/N-ethyl adjacent to an activating group) is 1. The Hall–Kier alpha value is -1.52.